The van der Waals surface area contributed by atoms with E-state index in [4.69, 9.17) is 4.74 Å². The molecule has 0 radical (unpaired) electrons. The van der Waals surface area contributed by atoms with E-state index in [1.54, 1.807) is 11.1 Å². The van der Waals surface area contributed by atoms with Gasteiger partial charge in [0.1, 0.15) is 0 Å². The van der Waals surface area contributed by atoms with Crippen LogP contribution in [0.15, 0.2) is 36.5 Å². The van der Waals surface area contributed by atoms with Crippen LogP contribution < -0.4 is 10.6 Å². The smallest absolute Gasteiger partial charge is 0.409 e. The minimum Gasteiger partial charge on any atom is -0.450 e. The van der Waals surface area contributed by atoms with E-state index in [0.717, 1.165) is 32.2 Å². The molecule has 0 bridgehead atoms. The van der Waals surface area contributed by atoms with E-state index in [9.17, 15) is 4.79 Å². The van der Waals surface area contributed by atoms with Crippen molar-refractivity contribution in [1.29, 1.82) is 0 Å². The van der Waals surface area contributed by atoms with Gasteiger partial charge in [-0.1, -0.05) is 30.3 Å². The van der Waals surface area contributed by atoms with E-state index in [-0.39, 0.29) is 12.1 Å². The molecule has 2 N–H and O–H groups in total. The second-order valence-electron chi connectivity index (χ2n) is 6.79. The van der Waals surface area contributed by atoms with Gasteiger partial charge < -0.3 is 20.3 Å². The summed E-state index contributed by atoms with van der Waals surface area (Å²) in [5.41, 5.74) is 1.33. The number of ether oxygens (including phenoxy) is 1. The van der Waals surface area contributed by atoms with Crippen molar-refractivity contribution in [1.82, 2.24) is 20.1 Å². The predicted molar refractivity (Wildman–Crippen MR) is 108 cm³/mol. The summed E-state index contributed by atoms with van der Waals surface area (Å²) in [6.45, 7) is 4.38. The highest BCUT2D eigenvalue weighted by Gasteiger charge is 2.23. The fraction of sp³-hybridized carbons (Fsp3) is 0.500. The third-order valence-electron chi connectivity index (χ3n) is 4.70. The van der Waals surface area contributed by atoms with Crippen LogP contribution in [0.4, 0.5) is 16.6 Å². The summed E-state index contributed by atoms with van der Waals surface area (Å²) in [4.78, 5) is 18.0. The molecule has 0 spiro atoms. The van der Waals surface area contributed by atoms with Crippen molar-refractivity contribution in [2.24, 2.45) is 0 Å². The second kappa shape index (κ2) is 10.4. The average molecular weight is 384 g/mol. The lowest BCUT2D eigenvalue weighted by Gasteiger charge is -2.31. The second-order valence-corrected chi connectivity index (χ2v) is 6.79. The zero-order valence-electron chi connectivity index (χ0n) is 16.3. The van der Waals surface area contributed by atoms with Crippen LogP contribution in [0.2, 0.25) is 0 Å². The Morgan fingerprint density at radius 2 is 2.04 bits per heavy atom. The molecule has 150 valence electrons. The number of carbonyl (C=O) groups excluding carboxylic acids is 1. The lowest BCUT2D eigenvalue weighted by Crippen LogP contribution is -2.42. The molecular formula is C20H28N6O2. The molecule has 1 aliphatic rings. The molecule has 1 fully saturated rings. The molecule has 1 saturated heterocycles. The molecule has 0 aliphatic carbocycles. The average Bonchev–Trinajstić information content (AvgIpc) is 2.73. The number of aryl methyl sites for hydroxylation is 1. The van der Waals surface area contributed by atoms with Gasteiger partial charge in [0.25, 0.3) is 0 Å². The van der Waals surface area contributed by atoms with Crippen molar-refractivity contribution in [2.45, 2.75) is 38.6 Å². The fourth-order valence-electron chi connectivity index (χ4n) is 3.22. The standard InChI is InChI=1S/C20H28N6O2/c1-2-28-20(27)26-13-10-17(11-14-26)23-18-15-22-25-19(24-18)21-12-6-9-16-7-4-3-5-8-16/h3-5,7-8,15,17H,2,6,9-14H2,1H3,(H2,21,23,24,25). The summed E-state index contributed by atoms with van der Waals surface area (Å²) in [5.74, 6) is 1.23. The summed E-state index contributed by atoms with van der Waals surface area (Å²) in [7, 11) is 0. The number of anilines is 2. The highest BCUT2D eigenvalue weighted by Crippen LogP contribution is 2.16. The molecule has 3 rings (SSSR count). The van der Waals surface area contributed by atoms with Crippen molar-refractivity contribution in [3.63, 3.8) is 0 Å². The van der Waals surface area contributed by atoms with Crippen LogP contribution in [0.5, 0.6) is 0 Å². The van der Waals surface area contributed by atoms with Crippen LogP contribution in [0.25, 0.3) is 0 Å². The molecule has 0 atom stereocenters. The van der Waals surface area contributed by atoms with E-state index < -0.39 is 0 Å². The van der Waals surface area contributed by atoms with Gasteiger partial charge in [0.05, 0.1) is 12.8 Å². The van der Waals surface area contributed by atoms with Gasteiger partial charge in [-0.05, 0) is 38.2 Å². The van der Waals surface area contributed by atoms with Gasteiger partial charge in [-0.3, -0.25) is 0 Å². The molecule has 0 saturated carbocycles. The monoisotopic (exact) mass is 384 g/mol. The highest BCUT2D eigenvalue weighted by molar-refractivity contribution is 5.67. The molecular weight excluding hydrogens is 356 g/mol. The fourth-order valence-corrected chi connectivity index (χ4v) is 3.22. The van der Waals surface area contributed by atoms with E-state index in [1.165, 1.54) is 5.56 Å². The molecule has 8 heteroatoms. The minimum atomic E-state index is -0.230. The maximum Gasteiger partial charge on any atom is 0.409 e. The van der Waals surface area contributed by atoms with Gasteiger partial charge in [-0.25, -0.2) is 4.79 Å². The number of nitrogens with one attached hydrogen (secondary N) is 2. The number of likely N-dealkylation sites (tertiary alicyclic amines) is 1. The zero-order valence-corrected chi connectivity index (χ0v) is 16.3. The maximum absolute atomic E-state index is 11.8. The van der Waals surface area contributed by atoms with Crippen molar-refractivity contribution in [2.75, 3.05) is 36.9 Å². The molecule has 1 aliphatic heterocycles. The molecule has 28 heavy (non-hydrogen) atoms. The Labute approximate surface area is 165 Å². The lowest BCUT2D eigenvalue weighted by molar-refractivity contribution is 0.0983. The largest absolute Gasteiger partial charge is 0.450 e. The lowest BCUT2D eigenvalue weighted by atomic mass is 10.1. The van der Waals surface area contributed by atoms with Crippen LogP contribution >= 0.6 is 0 Å². The van der Waals surface area contributed by atoms with Crippen LogP contribution in [-0.2, 0) is 11.2 Å². The van der Waals surface area contributed by atoms with Crippen molar-refractivity contribution in [3.05, 3.63) is 42.1 Å². The van der Waals surface area contributed by atoms with Crippen LogP contribution in [-0.4, -0.2) is 58.5 Å². The number of nitrogens with zero attached hydrogens (tertiary/aromatic N) is 4. The summed E-state index contributed by atoms with van der Waals surface area (Å²) < 4.78 is 5.05. The Hall–Kier alpha value is -2.90. The van der Waals surface area contributed by atoms with Gasteiger partial charge in [0, 0.05) is 25.7 Å². The van der Waals surface area contributed by atoms with Gasteiger partial charge in [-0.15, -0.1) is 5.10 Å². The van der Waals surface area contributed by atoms with Crippen molar-refractivity contribution in [3.8, 4) is 0 Å². The molecule has 1 aromatic carbocycles. The Morgan fingerprint density at radius 3 is 2.79 bits per heavy atom. The third kappa shape index (κ3) is 6.07. The maximum atomic E-state index is 11.8. The van der Waals surface area contributed by atoms with E-state index >= 15 is 0 Å². The number of hydrogen-bond donors (Lipinski definition) is 2. The Kier molecular flexibility index (Phi) is 7.40. The number of aromatic nitrogens is 3. The Balaban J connectivity index is 1.40. The summed E-state index contributed by atoms with van der Waals surface area (Å²) >= 11 is 0. The van der Waals surface area contributed by atoms with Gasteiger partial charge in [-0.2, -0.15) is 10.1 Å². The number of hydrogen-bond acceptors (Lipinski definition) is 7. The molecule has 1 amide bonds. The number of carbonyl (C=O) groups is 1. The predicted octanol–water partition coefficient (Wildman–Crippen LogP) is 2.95. The highest BCUT2D eigenvalue weighted by atomic mass is 16.6. The summed E-state index contributed by atoms with van der Waals surface area (Å²) in [5, 5.41) is 14.7. The molecule has 8 nitrogen and oxygen atoms in total. The summed E-state index contributed by atoms with van der Waals surface area (Å²) in [6.07, 6.45) is 5.11. The zero-order chi connectivity index (χ0) is 19.6. The Morgan fingerprint density at radius 1 is 1.25 bits per heavy atom. The van der Waals surface area contributed by atoms with Crippen molar-refractivity contribution < 1.29 is 9.53 Å². The molecule has 2 aromatic rings. The SMILES string of the molecule is CCOC(=O)N1CCC(Nc2cnnc(NCCCc3ccccc3)n2)CC1. The third-order valence-corrected chi connectivity index (χ3v) is 4.70. The Bertz CT molecular complexity index is 734. The van der Waals surface area contributed by atoms with Crippen LogP contribution in [0.1, 0.15) is 31.7 Å². The first kappa shape index (κ1) is 19.9. The normalized spacial score (nSPS) is 14.5. The topological polar surface area (TPSA) is 92.3 Å². The first-order valence-corrected chi connectivity index (χ1v) is 9.90. The number of piperidine rings is 1. The first-order chi connectivity index (χ1) is 13.7. The van der Waals surface area contributed by atoms with Gasteiger partial charge >= 0.3 is 6.09 Å². The number of rotatable bonds is 8. The summed E-state index contributed by atoms with van der Waals surface area (Å²) in [6, 6.07) is 10.7. The van der Waals surface area contributed by atoms with Crippen LogP contribution in [0.3, 0.4) is 0 Å². The van der Waals surface area contributed by atoms with Crippen LogP contribution in [0, 0.1) is 0 Å². The van der Waals surface area contributed by atoms with E-state index in [2.05, 4.69) is 50.1 Å². The molecule has 0 unspecified atom stereocenters. The number of amides is 1. The first-order valence-electron chi connectivity index (χ1n) is 9.90. The van der Waals surface area contributed by atoms with Gasteiger partial charge in [0.15, 0.2) is 5.82 Å². The van der Waals surface area contributed by atoms with E-state index in [0.29, 0.717) is 31.5 Å². The van der Waals surface area contributed by atoms with Crippen molar-refractivity contribution >= 4 is 17.9 Å². The van der Waals surface area contributed by atoms with Gasteiger partial charge in [0.2, 0.25) is 5.95 Å². The molecule has 2 heterocycles. The quantitative estimate of drug-likeness (QED) is 0.676. The number of benzene rings is 1. The van der Waals surface area contributed by atoms with E-state index in [1.807, 2.05) is 13.0 Å². The minimum absolute atomic E-state index is 0.230. The molecule has 1 aromatic heterocycles.